The molecular formula is C13H6ClF4NO3. The molecule has 2 aromatic carbocycles. The SMILES string of the molecule is Cc1c(F)c(F)c(Oc2cccc(F)c2[N+](=O)[O-])c(Cl)c1F. The van der Waals surface area contributed by atoms with Gasteiger partial charge in [0.25, 0.3) is 0 Å². The van der Waals surface area contributed by atoms with Crippen LogP contribution in [0.15, 0.2) is 18.2 Å². The maximum atomic E-state index is 13.8. The number of hydrogen-bond acceptors (Lipinski definition) is 3. The normalized spacial score (nSPS) is 10.6. The quantitative estimate of drug-likeness (QED) is 0.347. The third-order valence-electron chi connectivity index (χ3n) is 2.79. The standard InChI is InChI=1S/C13H6ClF4NO3/c1-5-9(16)8(14)13(11(18)10(5)17)22-7-4-2-3-6(15)12(7)19(20)21/h2-4H,1H3. The van der Waals surface area contributed by atoms with Crippen LogP contribution < -0.4 is 4.74 Å². The monoisotopic (exact) mass is 335 g/mol. The Morgan fingerprint density at radius 3 is 2.36 bits per heavy atom. The summed E-state index contributed by atoms with van der Waals surface area (Å²) in [7, 11) is 0. The van der Waals surface area contributed by atoms with Crippen molar-refractivity contribution in [3.63, 3.8) is 0 Å². The van der Waals surface area contributed by atoms with E-state index in [1.807, 2.05) is 0 Å². The number of para-hydroxylation sites is 1. The van der Waals surface area contributed by atoms with Gasteiger partial charge >= 0.3 is 5.69 Å². The first-order chi connectivity index (χ1) is 10.3. The van der Waals surface area contributed by atoms with Gasteiger partial charge in [-0.05, 0) is 19.1 Å². The molecule has 0 spiro atoms. The molecule has 4 nitrogen and oxygen atoms in total. The molecule has 0 bridgehead atoms. The fraction of sp³-hybridized carbons (Fsp3) is 0.0769. The Morgan fingerprint density at radius 2 is 1.77 bits per heavy atom. The lowest BCUT2D eigenvalue weighted by Gasteiger charge is -2.12. The summed E-state index contributed by atoms with van der Waals surface area (Å²) < 4.78 is 59.2. The molecule has 9 heteroatoms. The van der Waals surface area contributed by atoms with Crippen LogP contribution in [-0.2, 0) is 0 Å². The van der Waals surface area contributed by atoms with Crippen LogP contribution in [0.5, 0.6) is 11.5 Å². The number of hydrogen-bond donors (Lipinski definition) is 0. The summed E-state index contributed by atoms with van der Waals surface area (Å²) in [6.45, 7) is 0.952. The van der Waals surface area contributed by atoms with E-state index < -0.39 is 56.0 Å². The van der Waals surface area contributed by atoms with Crippen molar-refractivity contribution in [1.29, 1.82) is 0 Å². The Kier molecular flexibility index (Phi) is 4.23. The van der Waals surface area contributed by atoms with Gasteiger partial charge in [-0.2, -0.15) is 8.78 Å². The zero-order valence-electron chi connectivity index (χ0n) is 10.8. The summed E-state index contributed by atoms with van der Waals surface area (Å²) in [6.07, 6.45) is 0. The molecule has 0 radical (unpaired) electrons. The molecule has 0 aliphatic rings. The predicted molar refractivity (Wildman–Crippen MR) is 69.2 cm³/mol. The van der Waals surface area contributed by atoms with Crippen molar-refractivity contribution in [2.24, 2.45) is 0 Å². The van der Waals surface area contributed by atoms with Crippen LogP contribution in [0, 0.1) is 40.3 Å². The van der Waals surface area contributed by atoms with Gasteiger partial charge in [-0.25, -0.2) is 8.78 Å². The summed E-state index contributed by atoms with van der Waals surface area (Å²) in [5.41, 5.74) is -1.79. The molecule has 0 saturated carbocycles. The first-order valence-corrected chi connectivity index (χ1v) is 6.06. The highest BCUT2D eigenvalue weighted by Gasteiger charge is 2.27. The van der Waals surface area contributed by atoms with Crippen LogP contribution in [-0.4, -0.2) is 4.92 Å². The number of nitrogens with zero attached hydrogens (tertiary/aromatic N) is 1. The van der Waals surface area contributed by atoms with Crippen molar-refractivity contribution in [2.45, 2.75) is 6.92 Å². The molecule has 0 atom stereocenters. The van der Waals surface area contributed by atoms with Crippen molar-refractivity contribution >= 4 is 17.3 Å². The van der Waals surface area contributed by atoms with E-state index in [1.165, 1.54) is 0 Å². The lowest BCUT2D eigenvalue weighted by Crippen LogP contribution is -2.02. The Morgan fingerprint density at radius 1 is 1.14 bits per heavy atom. The third kappa shape index (κ3) is 2.57. The molecule has 2 aromatic rings. The zero-order chi connectivity index (χ0) is 16.6. The van der Waals surface area contributed by atoms with Gasteiger partial charge in [-0.1, -0.05) is 17.7 Å². The van der Waals surface area contributed by atoms with E-state index in [-0.39, 0.29) is 0 Å². The topological polar surface area (TPSA) is 52.4 Å². The van der Waals surface area contributed by atoms with Gasteiger partial charge in [-0.3, -0.25) is 10.1 Å². The van der Waals surface area contributed by atoms with Crippen LogP contribution in [0.4, 0.5) is 23.2 Å². The van der Waals surface area contributed by atoms with Crippen LogP contribution in [0.2, 0.25) is 5.02 Å². The molecule has 0 fully saturated rings. The summed E-state index contributed by atoms with van der Waals surface area (Å²) in [5, 5.41) is 9.89. The fourth-order valence-corrected chi connectivity index (χ4v) is 1.94. The van der Waals surface area contributed by atoms with Gasteiger partial charge in [0.1, 0.15) is 5.02 Å². The van der Waals surface area contributed by atoms with Crippen LogP contribution in [0.25, 0.3) is 0 Å². The Balaban J connectivity index is 2.63. The minimum absolute atomic E-state index is 0.677. The largest absolute Gasteiger partial charge is 0.445 e. The number of rotatable bonds is 3. The zero-order valence-corrected chi connectivity index (χ0v) is 11.5. The molecule has 22 heavy (non-hydrogen) atoms. The molecule has 0 aliphatic heterocycles. The molecule has 2 rings (SSSR count). The molecule has 0 aromatic heterocycles. The van der Waals surface area contributed by atoms with Gasteiger partial charge in [0.05, 0.1) is 4.92 Å². The maximum Gasteiger partial charge on any atom is 0.346 e. The number of benzene rings is 2. The first kappa shape index (κ1) is 16.0. The highest BCUT2D eigenvalue weighted by atomic mass is 35.5. The van der Waals surface area contributed by atoms with Crippen LogP contribution in [0.3, 0.4) is 0 Å². The number of nitro benzene ring substituents is 1. The predicted octanol–water partition coefficient (Wildman–Crippen LogP) is 4.91. The van der Waals surface area contributed by atoms with Crippen molar-refractivity contribution in [3.05, 3.63) is 62.2 Å². The maximum absolute atomic E-state index is 13.8. The van der Waals surface area contributed by atoms with Crippen molar-refractivity contribution in [2.75, 3.05) is 0 Å². The van der Waals surface area contributed by atoms with E-state index >= 15 is 0 Å². The fourth-order valence-electron chi connectivity index (χ4n) is 1.68. The number of nitro groups is 1. The lowest BCUT2D eigenvalue weighted by atomic mass is 10.2. The Bertz CT molecular complexity index is 753. The van der Waals surface area contributed by atoms with Gasteiger partial charge in [0, 0.05) is 5.56 Å². The molecule has 116 valence electrons. The molecule has 0 heterocycles. The van der Waals surface area contributed by atoms with Crippen molar-refractivity contribution < 1.29 is 27.2 Å². The van der Waals surface area contributed by atoms with E-state index in [4.69, 9.17) is 16.3 Å². The summed E-state index contributed by atoms with van der Waals surface area (Å²) >= 11 is 5.53. The average molecular weight is 336 g/mol. The highest BCUT2D eigenvalue weighted by Crippen LogP contribution is 2.40. The number of ether oxygens (including phenoxy) is 1. The summed E-state index contributed by atoms with van der Waals surface area (Å²) in [6, 6.07) is 2.76. The van der Waals surface area contributed by atoms with Gasteiger partial charge < -0.3 is 4.74 Å². The van der Waals surface area contributed by atoms with Crippen LogP contribution in [0.1, 0.15) is 5.56 Å². The first-order valence-electron chi connectivity index (χ1n) is 5.69. The van der Waals surface area contributed by atoms with Crippen molar-refractivity contribution in [3.8, 4) is 11.5 Å². The van der Waals surface area contributed by atoms with E-state index in [9.17, 15) is 27.7 Å². The second-order valence-corrected chi connectivity index (χ2v) is 4.53. The minimum atomic E-state index is -1.64. The molecular weight excluding hydrogens is 330 g/mol. The van der Waals surface area contributed by atoms with Gasteiger partial charge in [0.2, 0.25) is 17.4 Å². The Hall–Kier alpha value is -2.35. The van der Waals surface area contributed by atoms with Crippen molar-refractivity contribution in [1.82, 2.24) is 0 Å². The highest BCUT2D eigenvalue weighted by molar-refractivity contribution is 6.32. The Labute approximate surface area is 126 Å². The molecule has 0 unspecified atom stereocenters. The second-order valence-electron chi connectivity index (χ2n) is 4.16. The van der Waals surface area contributed by atoms with E-state index in [2.05, 4.69) is 0 Å². The molecule has 0 saturated heterocycles. The molecule has 0 N–H and O–H groups in total. The number of halogens is 5. The summed E-state index contributed by atoms with van der Waals surface area (Å²) in [5.74, 6) is -7.58. The third-order valence-corrected chi connectivity index (χ3v) is 3.12. The summed E-state index contributed by atoms with van der Waals surface area (Å²) in [4.78, 5) is 9.69. The molecule has 0 amide bonds. The molecule has 0 aliphatic carbocycles. The van der Waals surface area contributed by atoms with Crippen LogP contribution >= 0.6 is 11.6 Å². The van der Waals surface area contributed by atoms with E-state index in [1.54, 1.807) is 0 Å². The smallest absolute Gasteiger partial charge is 0.346 e. The van der Waals surface area contributed by atoms with E-state index in [0.717, 1.165) is 25.1 Å². The van der Waals surface area contributed by atoms with Gasteiger partial charge in [-0.15, -0.1) is 0 Å². The average Bonchev–Trinajstić information content (AvgIpc) is 2.47. The lowest BCUT2D eigenvalue weighted by molar-refractivity contribution is -0.388. The van der Waals surface area contributed by atoms with E-state index in [0.29, 0.717) is 0 Å². The second kappa shape index (κ2) is 5.80. The van der Waals surface area contributed by atoms with Gasteiger partial charge in [0.15, 0.2) is 17.4 Å². The minimum Gasteiger partial charge on any atom is -0.445 e.